The van der Waals surface area contributed by atoms with Crippen molar-refractivity contribution in [1.82, 2.24) is 0 Å². The minimum atomic E-state index is -3.88. The van der Waals surface area contributed by atoms with Crippen molar-refractivity contribution >= 4 is 31.6 Å². The van der Waals surface area contributed by atoms with Crippen molar-refractivity contribution in [3.63, 3.8) is 0 Å². The van der Waals surface area contributed by atoms with Crippen molar-refractivity contribution < 1.29 is 18.3 Å². The molecule has 2 aromatic rings. The Bertz CT molecular complexity index is 731. The lowest BCUT2D eigenvalue weighted by atomic mass is 10.3. The number of rotatable bonds is 4. The predicted molar refractivity (Wildman–Crippen MR) is 79.6 cm³/mol. The lowest BCUT2D eigenvalue weighted by molar-refractivity contribution is 0.415. The Balaban J connectivity index is 2.41. The summed E-state index contributed by atoms with van der Waals surface area (Å²) < 4.78 is 32.5. The van der Waals surface area contributed by atoms with Crippen LogP contribution in [-0.2, 0) is 10.0 Å². The first kappa shape index (κ1) is 14.7. The van der Waals surface area contributed by atoms with Gasteiger partial charge in [-0.25, -0.2) is 8.42 Å². The zero-order valence-corrected chi connectivity index (χ0v) is 12.9. The SMILES string of the molecule is COc1ccc(Br)c(NS(=O)(=O)c2ccccc2O)c1. The van der Waals surface area contributed by atoms with Crippen LogP contribution in [-0.4, -0.2) is 20.6 Å². The highest BCUT2D eigenvalue weighted by atomic mass is 79.9. The lowest BCUT2D eigenvalue weighted by Gasteiger charge is -2.12. The molecule has 0 unspecified atom stereocenters. The summed E-state index contributed by atoms with van der Waals surface area (Å²) in [5, 5.41) is 9.64. The molecule has 0 aromatic heterocycles. The number of sulfonamides is 1. The molecule has 0 bridgehead atoms. The van der Waals surface area contributed by atoms with Crippen molar-refractivity contribution in [3.05, 3.63) is 46.9 Å². The second kappa shape index (κ2) is 5.72. The standard InChI is InChI=1S/C13H12BrNO4S/c1-19-9-6-7-10(14)11(8-9)15-20(17,18)13-5-3-2-4-12(13)16/h2-8,15-16H,1H3. The topological polar surface area (TPSA) is 75.6 Å². The van der Waals surface area contributed by atoms with E-state index in [0.717, 1.165) is 0 Å². The third-order valence-electron chi connectivity index (χ3n) is 2.57. The van der Waals surface area contributed by atoms with Crippen LogP contribution in [0.4, 0.5) is 5.69 Å². The number of ether oxygens (including phenoxy) is 1. The van der Waals surface area contributed by atoms with E-state index in [-0.39, 0.29) is 10.6 Å². The average Bonchev–Trinajstić information content (AvgIpc) is 2.41. The van der Waals surface area contributed by atoms with Crippen molar-refractivity contribution in [2.45, 2.75) is 4.90 Å². The number of benzene rings is 2. The first-order chi connectivity index (χ1) is 9.44. The van der Waals surface area contributed by atoms with Crippen LogP contribution in [0.2, 0.25) is 0 Å². The summed E-state index contributed by atoms with van der Waals surface area (Å²) in [6, 6.07) is 10.6. The fourth-order valence-electron chi connectivity index (χ4n) is 1.59. The van der Waals surface area contributed by atoms with E-state index in [0.29, 0.717) is 15.9 Å². The Kier molecular flexibility index (Phi) is 4.20. The van der Waals surface area contributed by atoms with Gasteiger partial charge in [0.15, 0.2) is 0 Å². The van der Waals surface area contributed by atoms with Gasteiger partial charge in [0.05, 0.1) is 12.8 Å². The van der Waals surface area contributed by atoms with E-state index in [9.17, 15) is 13.5 Å². The third kappa shape index (κ3) is 3.05. The Hall–Kier alpha value is -1.73. The Morgan fingerprint density at radius 2 is 1.90 bits per heavy atom. The zero-order valence-electron chi connectivity index (χ0n) is 10.5. The van der Waals surface area contributed by atoms with Gasteiger partial charge in [-0.1, -0.05) is 12.1 Å². The minimum absolute atomic E-state index is 0.185. The predicted octanol–water partition coefficient (Wildman–Crippen LogP) is 2.96. The van der Waals surface area contributed by atoms with Gasteiger partial charge in [0.2, 0.25) is 0 Å². The Morgan fingerprint density at radius 1 is 1.20 bits per heavy atom. The molecule has 0 aliphatic rings. The number of methoxy groups -OCH3 is 1. The maximum atomic E-state index is 12.2. The highest BCUT2D eigenvalue weighted by Crippen LogP contribution is 2.30. The van der Waals surface area contributed by atoms with E-state index in [1.807, 2.05) is 0 Å². The third-order valence-corrected chi connectivity index (χ3v) is 4.68. The molecular formula is C13H12BrNO4S. The molecule has 2 aromatic carbocycles. The van der Waals surface area contributed by atoms with Gasteiger partial charge in [-0.05, 0) is 40.2 Å². The number of hydrogen-bond acceptors (Lipinski definition) is 4. The molecule has 0 radical (unpaired) electrons. The van der Waals surface area contributed by atoms with Crippen molar-refractivity contribution in [3.8, 4) is 11.5 Å². The Labute approximate surface area is 125 Å². The summed E-state index contributed by atoms with van der Waals surface area (Å²) in [7, 11) is -2.39. The van der Waals surface area contributed by atoms with Gasteiger partial charge >= 0.3 is 0 Å². The number of nitrogens with one attached hydrogen (secondary N) is 1. The Morgan fingerprint density at radius 3 is 2.55 bits per heavy atom. The quantitative estimate of drug-likeness (QED) is 0.881. The van der Waals surface area contributed by atoms with E-state index >= 15 is 0 Å². The highest BCUT2D eigenvalue weighted by Gasteiger charge is 2.19. The van der Waals surface area contributed by atoms with E-state index in [2.05, 4.69) is 20.7 Å². The number of hydrogen-bond donors (Lipinski definition) is 2. The van der Waals surface area contributed by atoms with Crippen LogP contribution in [0.15, 0.2) is 51.8 Å². The largest absolute Gasteiger partial charge is 0.507 e. The molecule has 5 nitrogen and oxygen atoms in total. The van der Waals surface area contributed by atoms with Crippen LogP contribution in [0.5, 0.6) is 11.5 Å². The maximum absolute atomic E-state index is 12.2. The monoisotopic (exact) mass is 357 g/mol. The van der Waals surface area contributed by atoms with Crippen LogP contribution < -0.4 is 9.46 Å². The van der Waals surface area contributed by atoms with Gasteiger partial charge in [0.25, 0.3) is 10.0 Å². The molecule has 7 heteroatoms. The summed E-state index contributed by atoms with van der Waals surface area (Å²) in [5.74, 6) is 0.210. The molecule has 2 N–H and O–H groups in total. The van der Waals surface area contributed by atoms with E-state index in [4.69, 9.17) is 4.74 Å². The van der Waals surface area contributed by atoms with Gasteiger partial charge in [-0.2, -0.15) is 0 Å². The highest BCUT2D eigenvalue weighted by molar-refractivity contribution is 9.10. The molecule has 0 aliphatic heterocycles. The zero-order chi connectivity index (χ0) is 14.8. The average molecular weight is 358 g/mol. The fraction of sp³-hybridized carbons (Fsp3) is 0.0769. The normalized spacial score (nSPS) is 11.1. The van der Waals surface area contributed by atoms with Gasteiger partial charge < -0.3 is 9.84 Å². The molecule has 106 valence electrons. The number of halogens is 1. The summed E-state index contributed by atoms with van der Waals surface area (Å²) in [5.41, 5.74) is 0.326. The maximum Gasteiger partial charge on any atom is 0.265 e. The number of phenolic OH excluding ortho intramolecular Hbond substituents is 1. The van der Waals surface area contributed by atoms with E-state index < -0.39 is 10.0 Å². The first-order valence-corrected chi connectivity index (χ1v) is 7.86. The van der Waals surface area contributed by atoms with Crippen LogP contribution in [0, 0.1) is 0 Å². The molecule has 0 heterocycles. The number of anilines is 1. The molecule has 0 atom stereocenters. The molecule has 0 saturated carbocycles. The molecule has 0 amide bonds. The van der Waals surface area contributed by atoms with Crippen molar-refractivity contribution in [2.75, 3.05) is 11.8 Å². The summed E-state index contributed by atoms with van der Waals surface area (Å²) in [4.78, 5) is -0.185. The second-order valence-corrected chi connectivity index (χ2v) is 6.42. The van der Waals surface area contributed by atoms with Crippen LogP contribution in [0.25, 0.3) is 0 Å². The number of aromatic hydroxyl groups is 1. The smallest absolute Gasteiger partial charge is 0.265 e. The fourth-order valence-corrected chi connectivity index (χ4v) is 3.24. The number of phenols is 1. The molecular weight excluding hydrogens is 346 g/mol. The van der Waals surface area contributed by atoms with E-state index in [1.54, 1.807) is 24.3 Å². The van der Waals surface area contributed by atoms with Crippen LogP contribution in [0.1, 0.15) is 0 Å². The van der Waals surface area contributed by atoms with Crippen LogP contribution >= 0.6 is 15.9 Å². The molecule has 0 fully saturated rings. The van der Waals surface area contributed by atoms with Crippen molar-refractivity contribution in [1.29, 1.82) is 0 Å². The molecule has 2 rings (SSSR count). The second-order valence-electron chi connectivity index (χ2n) is 3.92. The van der Waals surface area contributed by atoms with Gasteiger partial charge in [-0.15, -0.1) is 0 Å². The van der Waals surface area contributed by atoms with Gasteiger partial charge in [0.1, 0.15) is 16.4 Å². The van der Waals surface area contributed by atoms with Gasteiger partial charge in [0, 0.05) is 10.5 Å². The van der Waals surface area contributed by atoms with Gasteiger partial charge in [-0.3, -0.25) is 4.72 Å². The molecule has 0 spiro atoms. The summed E-state index contributed by atoms with van der Waals surface area (Å²) in [6.45, 7) is 0. The summed E-state index contributed by atoms with van der Waals surface area (Å²) in [6.07, 6.45) is 0. The lowest BCUT2D eigenvalue weighted by Crippen LogP contribution is -2.13. The first-order valence-electron chi connectivity index (χ1n) is 5.58. The molecule has 0 saturated heterocycles. The van der Waals surface area contributed by atoms with E-state index in [1.165, 1.54) is 25.3 Å². The number of para-hydroxylation sites is 1. The molecule has 20 heavy (non-hydrogen) atoms. The summed E-state index contributed by atoms with van der Waals surface area (Å²) >= 11 is 3.26. The van der Waals surface area contributed by atoms with Crippen LogP contribution in [0.3, 0.4) is 0 Å². The molecule has 0 aliphatic carbocycles. The van der Waals surface area contributed by atoms with Crippen molar-refractivity contribution in [2.24, 2.45) is 0 Å². The minimum Gasteiger partial charge on any atom is -0.507 e.